The number of anilines is 2. The molecule has 0 radical (unpaired) electrons. The van der Waals surface area contributed by atoms with E-state index in [2.05, 4.69) is 32.1 Å². The lowest BCUT2D eigenvalue weighted by molar-refractivity contribution is 0.102. The fraction of sp³-hybridized carbons (Fsp3) is 0.381. The Hall–Kier alpha value is -2.62. The first kappa shape index (κ1) is 21.6. The van der Waals surface area contributed by atoms with Gasteiger partial charge in [-0.2, -0.15) is 0 Å². The van der Waals surface area contributed by atoms with Crippen molar-refractivity contribution in [2.45, 2.75) is 6.92 Å². The van der Waals surface area contributed by atoms with Crippen LogP contribution in [0.5, 0.6) is 11.5 Å². The van der Waals surface area contributed by atoms with Crippen LogP contribution in [0.25, 0.3) is 10.2 Å². The molecule has 0 spiro atoms. The smallest absolute Gasteiger partial charge is 0.266 e. The molecule has 0 unspecified atom stereocenters. The number of fused-ring (bicyclic) bond motifs is 1. The van der Waals surface area contributed by atoms with Crippen LogP contribution in [0.15, 0.2) is 18.5 Å². The molecule has 2 aromatic heterocycles. The number of rotatable bonds is 5. The van der Waals surface area contributed by atoms with E-state index < -0.39 is 0 Å². The van der Waals surface area contributed by atoms with Crippen LogP contribution in [0, 0.1) is 6.92 Å². The molecular weight excluding hydrogens is 438 g/mol. The predicted octanol–water partition coefficient (Wildman–Crippen LogP) is 3.67. The summed E-state index contributed by atoms with van der Waals surface area (Å²) in [5.41, 5.74) is 1.34. The van der Waals surface area contributed by atoms with Crippen LogP contribution in [-0.4, -0.2) is 68.2 Å². The number of benzene rings is 1. The van der Waals surface area contributed by atoms with E-state index in [9.17, 15) is 4.79 Å². The molecule has 1 fully saturated rings. The second-order valence-corrected chi connectivity index (χ2v) is 8.77. The summed E-state index contributed by atoms with van der Waals surface area (Å²) in [6, 6.07) is 3.27. The topological polar surface area (TPSA) is 79.8 Å². The normalized spacial score (nSPS) is 14.7. The number of nitrogens with one attached hydrogen (secondary N) is 1. The van der Waals surface area contributed by atoms with E-state index in [0.717, 1.165) is 47.8 Å². The quantitative estimate of drug-likeness (QED) is 0.620. The Morgan fingerprint density at radius 1 is 1.13 bits per heavy atom. The summed E-state index contributed by atoms with van der Waals surface area (Å²) in [6.45, 7) is 5.66. The molecule has 1 aromatic carbocycles. The van der Waals surface area contributed by atoms with Gasteiger partial charge in [0.2, 0.25) is 0 Å². The summed E-state index contributed by atoms with van der Waals surface area (Å²) in [5.74, 6) is 1.58. The molecule has 1 saturated heterocycles. The number of ether oxygens (including phenoxy) is 2. The molecule has 1 N–H and O–H groups in total. The average molecular weight is 462 g/mol. The third-order valence-corrected chi connectivity index (χ3v) is 6.93. The molecule has 1 aliphatic rings. The van der Waals surface area contributed by atoms with Crippen LogP contribution in [0.3, 0.4) is 0 Å². The van der Waals surface area contributed by atoms with Gasteiger partial charge < -0.3 is 24.6 Å². The minimum Gasteiger partial charge on any atom is -0.495 e. The number of amides is 1. The first-order valence-electron chi connectivity index (χ1n) is 9.83. The van der Waals surface area contributed by atoms with Crippen LogP contribution < -0.4 is 19.7 Å². The van der Waals surface area contributed by atoms with E-state index in [4.69, 9.17) is 21.1 Å². The highest BCUT2D eigenvalue weighted by atomic mass is 35.5. The zero-order chi connectivity index (χ0) is 22.1. The zero-order valence-electron chi connectivity index (χ0n) is 17.9. The van der Waals surface area contributed by atoms with Crippen molar-refractivity contribution in [2.75, 3.05) is 57.7 Å². The summed E-state index contributed by atoms with van der Waals surface area (Å²) in [6.07, 6.45) is 1.57. The van der Waals surface area contributed by atoms with E-state index >= 15 is 0 Å². The molecule has 3 heterocycles. The van der Waals surface area contributed by atoms with E-state index in [1.54, 1.807) is 18.5 Å². The van der Waals surface area contributed by atoms with Crippen LogP contribution in [0.2, 0.25) is 5.02 Å². The Balaban J connectivity index is 1.68. The van der Waals surface area contributed by atoms with Crippen LogP contribution in [-0.2, 0) is 0 Å². The molecular formula is C21H24ClN5O3S. The van der Waals surface area contributed by atoms with Crippen molar-refractivity contribution < 1.29 is 14.3 Å². The Morgan fingerprint density at radius 2 is 1.84 bits per heavy atom. The summed E-state index contributed by atoms with van der Waals surface area (Å²) >= 11 is 7.60. The van der Waals surface area contributed by atoms with Gasteiger partial charge in [-0.25, -0.2) is 9.97 Å². The van der Waals surface area contributed by atoms with E-state index in [1.807, 2.05) is 6.92 Å². The minimum atomic E-state index is -0.246. The zero-order valence-corrected chi connectivity index (χ0v) is 19.4. The Morgan fingerprint density at radius 3 is 2.52 bits per heavy atom. The lowest BCUT2D eigenvalue weighted by Crippen LogP contribution is -2.44. The summed E-state index contributed by atoms with van der Waals surface area (Å²) in [4.78, 5) is 28.1. The fourth-order valence-electron chi connectivity index (χ4n) is 3.66. The van der Waals surface area contributed by atoms with Gasteiger partial charge in [-0.1, -0.05) is 11.6 Å². The molecule has 0 aliphatic carbocycles. The van der Waals surface area contributed by atoms with Gasteiger partial charge in [0.05, 0.1) is 35.2 Å². The monoisotopic (exact) mass is 461 g/mol. The molecule has 1 aliphatic heterocycles. The molecule has 0 atom stereocenters. The SMILES string of the molecule is COc1cc(OC)c(NC(=O)c2sc3ncnc(N4CCN(C)CC4)c3c2C)cc1Cl. The maximum absolute atomic E-state index is 13.2. The fourth-order valence-corrected chi connectivity index (χ4v) is 4.94. The summed E-state index contributed by atoms with van der Waals surface area (Å²) in [7, 11) is 5.17. The lowest BCUT2D eigenvalue weighted by Gasteiger charge is -2.33. The molecule has 1 amide bonds. The van der Waals surface area contributed by atoms with Crippen molar-refractivity contribution in [3.63, 3.8) is 0 Å². The third kappa shape index (κ3) is 4.13. The van der Waals surface area contributed by atoms with Crippen LogP contribution in [0.4, 0.5) is 11.5 Å². The molecule has 10 heteroatoms. The number of halogens is 1. The highest BCUT2D eigenvalue weighted by Gasteiger charge is 2.24. The van der Waals surface area contributed by atoms with Gasteiger partial charge >= 0.3 is 0 Å². The molecule has 0 bridgehead atoms. The second kappa shape index (κ2) is 8.86. The number of hydrogen-bond donors (Lipinski definition) is 1. The number of likely N-dealkylation sites (N-methyl/N-ethyl adjacent to an activating group) is 1. The number of aromatic nitrogens is 2. The van der Waals surface area contributed by atoms with Gasteiger partial charge in [-0.05, 0) is 25.6 Å². The Bertz CT molecular complexity index is 1130. The first-order chi connectivity index (χ1) is 14.9. The van der Waals surface area contributed by atoms with Gasteiger partial charge in [-0.3, -0.25) is 4.79 Å². The van der Waals surface area contributed by atoms with E-state index in [1.165, 1.54) is 25.6 Å². The van der Waals surface area contributed by atoms with Gasteiger partial charge in [-0.15, -0.1) is 11.3 Å². The standard InChI is InChI=1S/C21H24ClN5O3S/c1-12-17-19(27-7-5-26(2)6-8-27)23-11-24-21(17)31-18(12)20(28)25-14-9-13(22)15(29-3)10-16(14)30-4/h9-11H,5-8H2,1-4H3,(H,25,28). The van der Waals surface area contributed by atoms with Crippen molar-refractivity contribution in [3.05, 3.63) is 33.9 Å². The number of carbonyl (C=O) groups excluding carboxylic acids is 1. The number of aryl methyl sites for hydroxylation is 1. The number of nitrogens with zero attached hydrogens (tertiary/aromatic N) is 4. The molecule has 164 valence electrons. The van der Waals surface area contributed by atoms with Crippen molar-refractivity contribution in [1.29, 1.82) is 0 Å². The molecule has 31 heavy (non-hydrogen) atoms. The maximum atomic E-state index is 13.2. The van der Waals surface area contributed by atoms with Gasteiger partial charge in [0, 0.05) is 32.2 Å². The molecule has 4 rings (SSSR count). The van der Waals surface area contributed by atoms with Gasteiger partial charge in [0.15, 0.2) is 0 Å². The minimum absolute atomic E-state index is 0.246. The number of methoxy groups -OCH3 is 2. The summed E-state index contributed by atoms with van der Waals surface area (Å²) < 4.78 is 10.6. The molecule has 3 aromatic rings. The third-order valence-electron chi connectivity index (χ3n) is 5.44. The largest absolute Gasteiger partial charge is 0.495 e. The van der Waals surface area contributed by atoms with E-state index in [-0.39, 0.29) is 5.91 Å². The predicted molar refractivity (Wildman–Crippen MR) is 124 cm³/mol. The number of carbonyl (C=O) groups is 1. The van der Waals surface area contributed by atoms with Gasteiger partial charge in [0.1, 0.15) is 28.5 Å². The Labute approximate surface area is 189 Å². The highest BCUT2D eigenvalue weighted by molar-refractivity contribution is 7.20. The second-order valence-electron chi connectivity index (χ2n) is 7.37. The van der Waals surface area contributed by atoms with Crippen molar-refractivity contribution in [2.24, 2.45) is 0 Å². The molecule has 0 saturated carbocycles. The average Bonchev–Trinajstić information content (AvgIpc) is 3.11. The number of hydrogen-bond acceptors (Lipinski definition) is 8. The van der Waals surface area contributed by atoms with Crippen LogP contribution in [0.1, 0.15) is 15.2 Å². The van der Waals surface area contributed by atoms with Crippen LogP contribution >= 0.6 is 22.9 Å². The van der Waals surface area contributed by atoms with Crippen molar-refractivity contribution >= 4 is 50.6 Å². The number of thiophene rings is 1. The maximum Gasteiger partial charge on any atom is 0.266 e. The molecule has 8 nitrogen and oxygen atoms in total. The van der Waals surface area contributed by atoms with Crippen molar-refractivity contribution in [1.82, 2.24) is 14.9 Å². The summed E-state index contributed by atoms with van der Waals surface area (Å²) in [5, 5.41) is 4.23. The first-order valence-corrected chi connectivity index (χ1v) is 11.0. The highest BCUT2D eigenvalue weighted by Crippen LogP contribution is 2.38. The van der Waals surface area contributed by atoms with Crippen molar-refractivity contribution in [3.8, 4) is 11.5 Å². The lowest BCUT2D eigenvalue weighted by atomic mass is 10.1. The van der Waals surface area contributed by atoms with E-state index in [0.29, 0.717) is 27.1 Å². The Kier molecular flexibility index (Phi) is 6.17. The van der Waals surface area contributed by atoms with Gasteiger partial charge in [0.25, 0.3) is 5.91 Å². The number of piperazine rings is 1.